The number of amides is 1. The summed E-state index contributed by atoms with van der Waals surface area (Å²) in [4.78, 5) is 10.6. The second-order valence-corrected chi connectivity index (χ2v) is 11.6. The Balaban J connectivity index is 2.95. The first-order valence-corrected chi connectivity index (χ1v) is 9.94. The van der Waals surface area contributed by atoms with Gasteiger partial charge in [-0.15, -0.1) is 0 Å². The molecule has 0 radical (unpaired) electrons. The Bertz CT molecular complexity index is 593. The Hall–Kier alpha value is -1.53. The third kappa shape index (κ3) is 4.74. The van der Waals surface area contributed by atoms with E-state index in [2.05, 4.69) is 20.8 Å². The molecule has 3 nitrogen and oxygen atoms in total. The van der Waals surface area contributed by atoms with Gasteiger partial charge in [-0.05, 0) is 36.3 Å². The molecule has 1 aromatic rings. The van der Waals surface area contributed by atoms with Gasteiger partial charge in [-0.25, -0.2) is 8.78 Å². The molecule has 0 heterocycles. The molecule has 22 heavy (non-hydrogen) atoms. The van der Waals surface area contributed by atoms with Gasteiger partial charge in [-0.1, -0.05) is 20.8 Å². The summed E-state index contributed by atoms with van der Waals surface area (Å²) in [5.41, 5.74) is 5.08. The minimum atomic E-state index is -2.04. The van der Waals surface area contributed by atoms with Gasteiger partial charge in [0.1, 0.15) is 11.6 Å². The van der Waals surface area contributed by atoms with E-state index < -0.39 is 25.9 Å². The number of hydrogen-bond acceptors (Lipinski definition) is 2. The summed E-state index contributed by atoms with van der Waals surface area (Å²) < 4.78 is 33.9. The lowest BCUT2D eigenvalue weighted by molar-refractivity contribution is -0.113. The summed E-state index contributed by atoms with van der Waals surface area (Å²) in [7, 11) is -2.04. The van der Waals surface area contributed by atoms with Crippen LogP contribution < -0.4 is 5.73 Å². The average Bonchev–Trinajstić information content (AvgIpc) is 2.36. The lowest BCUT2D eigenvalue weighted by atomic mass is 10.1. The van der Waals surface area contributed by atoms with Gasteiger partial charge >= 0.3 is 0 Å². The lowest BCUT2D eigenvalue weighted by Crippen LogP contribution is -2.40. The molecule has 0 saturated heterocycles. The van der Waals surface area contributed by atoms with Gasteiger partial charge in [0.2, 0.25) is 5.91 Å². The van der Waals surface area contributed by atoms with Gasteiger partial charge in [-0.3, -0.25) is 4.79 Å². The summed E-state index contributed by atoms with van der Waals surface area (Å²) in [5.74, 6) is -1.90. The van der Waals surface area contributed by atoms with Gasteiger partial charge in [-0.2, -0.15) is 0 Å². The smallest absolute Gasteiger partial charge is 0.241 e. The Labute approximate surface area is 131 Å². The van der Waals surface area contributed by atoms with Crippen LogP contribution in [0.1, 0.15) is 31.9 Å². The van der Waals surface area contributed by atoms with E-state index >= 15 is 0 Å². The summed E-state index contributed by atoms with van der Waals surface area (Å²) in [5, 5.41) is -0.00775. The highest BCUT2D eigenvalue weighted by atomic mass is 28.4. The fraction of sp³-hybridized carbons (Fsp3) is 0.438. The van der Waals surface area contributed by atoms with Crippen molar-refractivity contribution in [2.75, 3.05) is 0 Å². The molecular weight excluding hydrogens is 304 g/mol. The Morgan fingerprint density at radius 2 is 1.86 bits per heavy atom. The van der Waals surface area contributed by atoms with Gasteiger partial charge in [0, 0.05) is 17.2 Å². The first-order valence-electron chi connectivity index (χ1n) is 7.03. The number of benzene rings is 1. The van der Waals surface area contributed by atoms with E-state index in [1.165, 1.54) is 0 Å². The third-order valence-electron chi connectivity index (χ3n) is 3.99. The number of carbonyl (C=O) groups excluding carboxylic acids is 1. The van der Waals surface area contributed by atoms with Gasteiger partial charge in [0.25, 0.3) is 0 Å². The minimum Gasteiger partial charge on any atom is -0.412 e. The number of hydrogen-bond donors (Lipinski definition) is 1. The zero-order chi connectivity index (χ0) is 17.1. The van der Waals surface area contributed by atoms with E-state index in [9.17, 15) is 13.6 Å². The minimum absolute atomic E-state index is 0.00775. The molecular formula is C16H23F2NO2Si. The molecule has 0 atom stereocenters. The molecule has 1 amide bonds. The first-order chi connectivity index (χ1) is 9.94. The van der Waals surface area contributed by atoms with Crippen LogP contribution in [-0.2, 0) is 15.8 Å². The zero-order valence-electron chi connectivity index (χ0n) is 13.7. The van der Waals surface area contributed by atoms with Crippen molar-refractivity contribution in [3.63, 3.8) is 0 Å². The van der Waals surface area contributed by atoms with Crippen LogP contribution in [-0.4, -0.2) is 14.2 Å². The number of primary amides is 1. The van der Waals surface area contributed by atoms with E-state index in [1.807, 2.05) is 13.1 Å². The maximum atomic E-state index is 14.0. The normalized spacial score (nSPS) is 12.9. The van der Waals surface area contributed by atoms with E-state index in [4.69, 9.17) is 10.2 Å². The van der Waals surface area contributed by atoms with Crippen molar-refractivity contribution in [3.05, 3.63) is 41.0 Å². The monoisotopic (exact) mass is 327 g/mol. The van der Waals surface area contributed by atoms with Crippen LogP contribution in [0.4, 0.5) is 8.78 Å². The van der Waals surface area contributed by atoms with E-state index in [1.54, 1.807) is 0 Å². The van der Waals surface area contributed by atoms with Crippen LogP contribution >= 0.6 is 0 Å². The fourth-order valence-electron chi connectivity index (χ4n) is 1.49. The standard InChI is InChI=1S/C16H23F2NO2Si/c1-16(2,3)22(4,5)21-10-12-9-13(17)11(8-14(12)18)6-7-15(19)20/h6-9H,10H2,1-5H3,(H2,19,20). The quantitative estimate of drug-likeness (QED) is 0.657. The molecule has 0 aliphatic rings. The van der Waals surface area contributed by atoms with Gasteiger partial charge < -0.3 is 10.2 Å². The van der Waals surface area contributed by atoms with E-state index in [-0.39, 0.29) is 22.8 Å². The number of nitrogens with two attached hydrogens (primary N) is 1. The molecule has 1 rings (SSSR count). The summed E-state index contributed by atoms with van der Waals surface area (Å²) in [6.45, 7) is 10.4. The third-order valence-corrected chi connectivity index (χ3v) is 8.47. The second kappa shape index (κ2) is 6.70. The van der Waals surface area contributed by atoms with Crippen molar-refractivity contribution >= 4 is 20.3 Å². The largest absolute Gasteiger partial charge is 0.412 e. The SMILES string of the molecule is CC(C)(C)[Si](C)(C)OCc1cc(F)c(C=CC(N)=O)cc1F. The molecule has 1 aromatic carbocycles. The predicted molar refractivity (Wildman–Crippen MR) is 86.6 cm³/mol. The van der Waals surface area contributed by atoms with Crippen LogP contribution in [0.5, 0.6) is 0 Å². The van der Waals surface area contributed by atoms with Gasteiger partial charge in [0.15, 0.2) is 8.32 Å². The van der Waals surface area contributed by atoms with Crippen molar-refractivity contribution in [1.29, 1.82) is 0 Å². The van der Waals surface area contributed by atoms with Crippen molar-refractivity contribution in [3.8, 4) is 0 Å². The topological polar surface area (TPSA) is 52.3 Å². The molecule has 6 heteroatoms. The van der Waals surface area contributed by atoms with Crippen molar-refractivity contribution < 1.29 is 18.0 Å². The van der Waals surface area contributed by atoms with Crippen LogP contribution in [0, 0.1) is 11.6 Å². The summed E-state index contributed by atoms with van der Waals surface area (Å²) in [6.07, 6.45) is 2.14. The Kier molecular flexibility index (Phi) is 5.64. The molecule has 0 fully saturated rings. The highest BCUT2D eigenvalue weighted by Gasteiger charge is 2.37. The number of halogens is 2. The van der Waals surface area contributed by atoms with Crippen LogP contribution in [0.3, 0.4) is 0 Å². The maximum Gasteiger partial charge on any atom is 0.241 e. The lowest BCUT2D eigenvalue weighted by Gasteiger charge is -2.36. The maximum absolute atomic E-state index is 14.0. The molecule has 0 bridgehead atoms. The van der Waals surface area contributed by atoms with Crippen LogP contribution in [0.15, 0.2) is 18.2 Å². The number of rotatable bonds is 5. The molecule has 0 saturated carbocycles. The fourth-order valence-corrected chi connectivity index (χ4v) is 2.44. The average molecular weight is 327 g/mol. The predicted octanol–water partition coefficient (Wildman–Crippen LogP) is 3.99. The van der Waals surface area contributed by atoms with Crippen molar-refractivity contribution in [2.45, 2.75) is 45.5 Å². The molecule has 122 valence electrons. The molecule has 0 unspecified atom stereocenters. The highest BCUT2D eigenvalue weighted by Crippen LogP contribution is 2.37. The molecule has 0 aliphatic carbocycles. The Morgan fingerprint density at radius 1 is 1.27 bits per heavy atom. The van der Waals surface area contributed by atoms with E-state index in [0.29, 0.717) is 0 Å². The van der Waals surface area contributed by atoms with Crippen molar-refractivity contribution in [1.82, 2.24) is 0 Å². The second-order valence-electron chi connectivity index (χ2n) is 6.75. The summed E-state index contributed by atoms with van der Waals surface area (Å²) >= 11 is 0. The highest BCUT2D eigenvalue weighted by molar-refractivity contribution is 6.74. The molecule has 0 aromatic heterocycles. The molecule has 0 spiro atoms. The first kappa shape index (κ1) is 18.5. The van der Waals surface area contributed by atoms with Crippen LogP contribution in [0.25, 0.3) is 6.08 Å². The van der Waals surface area contributed by atoms with Crippen LogP contribution in [0.2, 0.25) is 18.1 Å². The Morgan fingerprint density at radius 3 is 2.36 bits per heavy atom. The molecule has 0 aliphatic heterocycles. The van der Waals surface area contributed by atoms with Crippen molar-refractivity contribution in [2.24, 2.45) is 5.73 Å². The number of carbonyl (C=O) groups is 1. The van der Waals surface area contributed by atoms with Gasteiger partial charge in [0.05, 0.1) is 6.61 Å². The zero-order valence-corrected chi connectivity index (χ0v) is 14.7. The van der Waals surface area contributed by atoms with E-state index in [0.717, 1.165) is 24.3 Å². The molecule has 2 N–H and O–H groups in total. The summed E-state index contributed by atoms with van der Waals surface area (Å²) in [6, 6.07) is 2.14.